The lowest BCUT2D eigenvalue weighted by atomic mass is 10.0. The number of carboxylic acid groups (broad SMARTS) is 1. The number of carbonyl (C=O) groups excluding carboxylic acids is 1. The highest BCUT2D eigenvalue weighted by Gasteiger charge is 2.40. The molecule has 1 N–H and O–H groups in total. The molecule has 1 aromatic carbocycles. The van der Waals surface area contributed by atoms with E-state index in [4.69, 9.17) is 5.11 Å². The van der Waals surface area contributed by atoms with Crippen LogP contribution in [-0.2, 0) is 16.0 Å². The Balaban J connectivity index is 2.68. The average molecular weight is 228 g/mol. The van der Waals surface area contributed by atoms with Gasteiger partial charge in [-0.05, 0) is 5.56 Å². The molecular weight excluding hydrogens is 218 g/mol. The van der Waals surface area contributed by atoms with Crippen LogP contribution in [0.1, 0.15) is 12.0 Å². The molecule has 0 amide bonds. The number of carboxylic acids is 1. The standard InChI is InChI=1S/C11H10F2O3/c12-11(13,7-10(15)16)9(14)6-8-4-2-1-3-5-8/h1-5H,6-7H2,(H,15,16). The van der Waals surface area contributed by atoms with Crippen LogP contribution in [0.25, 0.3) is 0 Å². The molecule has 0 unspecified atom stereocenters. The van der Waals surface area contributed by atoms with Crippen molar-refractivity contribution in [2.24, 2.45) is 0 Å². The average Bonchev–Trinajstić information content (AvgIpc) is 2.17. The Bertz CT molecular complexity index is 387. The third-order valence-corrected chi connectivity index (χ3v) is 1.99. The topological polar surface area (TPSA) is 54.4 Å². The Hall–Kier alpha value is -1.78. The molecule has 0 aliphatic heterocycles. The molecule has 0 atom stereocenters. The number of hydrogen-bond acceptors (Lipinski definition) is 2. The van der Waals surface area contributed by atoms with Crippen molar-refractivity contribution in [1.82, 2.24) is 0 Å². The number of hydrogen-bond donors (Lipinski definition) is 1. The number of Topliss-reactive ketones (excluding diaryl/α,β-unsaturated/α-hetero) is 1. The van der Waals surface area contributed by atoms with Crippen LogP contribution in [0.3, 0.4) is 0 Å². The third-order valence-electron chi connectivity index (χ3n) is 1.99. The molecule has 5 heteroatoms. The molecule has 0 radical (unpaired) electrons. The van der Waals surface area contributed by atoms with Crippen molar-refractivity contribution in [2.75, 3.05) is 0 Å². The summed E-state index contributed by atoms with van der Waals surface area (Å²) in [5.74, 6) is -6.87. The molecule has 0 aliphatic carbocycles. The Morgan fingerprint density at radius 2 is 1.75 bits per heavy atom. The zero-order valence-corrected chi connectivity index (χ0v) is 8.32. The van der Waals surface area contributed by atoms with Gasteiger partial charge in [-0.2, -0.15) is 8.78 Å². The Kier molecular flexibility index (Phi) is 3.71. The predicted octanol–water partition coefficient (Wildman–Crippen LogP) is 1.91. The summed E-state index contributed by atoms with van der Waals surface area (Å²) >= 11 is 0. The first-order valence-electron chi connectivity index (χ1n) is 4.58. The fourth-order valence-corrected chi connectivity index (χ4v) is 1.20. The minimum absolute atomic E-state index is 0.442. The van der Waals surface area contributed by atoms with Gasteiger partial charge in [0.25, 0.3) is 0 Å². The number of aliphatic carboxylic acids is 1. The minimum atomic E-state index is -3.80. The summed E-state index contributed by atoms with van der Waals surface area (Å²) in [7, 11) is 0. The number of alkyl halides is 2. The van der Waals surface area contributed by atoms with E-state index in [9.17, 15) is 18.4 Å². The minimum Gasteiger partial charge on any atom is -0.481 e. The van der Waals surface area contributed by atoms with Gasteiger partial charge in [0, 0.05) is 6.42 Å². The van der Waals surface area contributed by atoms with E-state index >= 15 is 0 Å². The zero-order valence-electron chi connectivity index (χ0n) is 8.32. The van der Waals surface area contributed by atoms with Gasteiger partial charge in [-0.3, -0.25) is 9.59 Å². The third kappa shape index (κ3) is 3.42. The van der Waals surface area contributed by atoms with E-state index in [0.29, 0.717) is 5.56 Å². The van der Waals surface area contributed by atoms with Crippen molar-refractivity contribution in [3.63, 3.8) is 0 Å². The molecule has 0 bridgehead atoms. The molecule has 0 saturated carbocycles. The first-order valence-corrected chi connectivity index (χ1v) is 4.58. The van der Waals surface area contributed by atoms with Gasteiger partial charge in [-0.15, -0.1) is 0 Å². The Morgan fingerprint density at radius 3 is 2.25 bits per heavy atom. The molecule has 0 saturated heterocycles. The molecule has 0 aliphatic rings. The second kappa shape index (κ2) is 4.83. The fraction of sp³-hybridized carbons (Fsp3) is 0.273. The van der Waals surface area contributed by atoms with Crippen molar-refractivity contribution in [3.8, 4) is 0 Å². The Morgan fingerprint density at radius 1 is 1.19 bits per heavy atom. The highest BCUT2D eigenvalue weighted by atomic mass is 19.3. The lowest BCUT2D eigenvalue weighted by Gasteiger charge is -2.12. The second-order valence-corrected chi connectivity index (χ2v) is 3.36. The molecule has 0 spiro atoms. The van der Waals surface area contributed by atoms with Crippen LogP contribution in [0, 0.1) is 0 Å². The molecule has 0 heterocycles. The van der Waals surface area contributed by atoms with E-state index in [0.717, 1.165) is 0 Å². The molecule has 1 aromatic rings. The maximum absolute atomic E-state index is 13.0. The maximum Gasteiger partial charge on any atom is 0.315 e. The van der Waals surface area contributed by atoms with E-state index in [1.54, 1.807) is 18.2 Å². The smallest absolute Gasteiger partial charge is 0.315 e. The summed E-state index contributed by atoms with van der Waals surface area (Å²) in [5, 5.41) is 8.23. The van der Waals surface area contributed by atoms with Crippen LogP contribution in [0.4, 0.5) is 8.78 Å². The summed E-state index contributed by atoms with van der Waals surface area (Å²) in [6, 6.07) is 8.02. The number of halogens is 2. The summed E-state index contributed by atoms with van der Waals surface area (Å²) in [4.78, 5) is 21.3. The number of rotatable bonds is 5. The first kappa shape index (κ1) is 12.3. The fourth-order valence-electron chi connectivity index (χ4n) is 1.20. The summed E-state index contributed by atoms with van der Waals surface area (Å²) < 4.78 is 26.0. The number of ketones is 1. The second-order valence-electron chi connectivity index (χ2n) is 3.36. The van der Waals surface area contributed by atoms with Crippen molar-refractivity contribution >= 4 is 11.8 Å². The van der Waals surface area contributed by atoms with E-state index in [1.165, 1.54) is 12.1 Å². The van der Waals surface area contributed by atoms with Crippen molar-refractivity contribution < 1.29 is 23.5 Å². The van der Waals surface area contributed by atoms with Gasteiger partial charge < -0.3 is 5.11 Å². The zero-order chi connectivity index (χ0) is 12.2. The SMILES string of the molecule is O=C(O)CC(F)(F)C(=O)Cc1ccccc1. The molecule has 16 heavy (non-hydrogen) atoms. The van der Waals surface area contributed by atoms with Gasteiger partial charge in [0.2, 0.25) is 5.78 Å². The van der Waals surface area contributed by atoms with Gasteiger partial charge in [-0.1, -0.05) is 30.3 Å². The van der Waals surface area contributed by atoms with Gasteiger partial charge in [0.15, 0.2) is 0 Å². The number of benzene rings is 1. The summed E-state index contributed by atoms with van der Waals surface area (Å²) in [5.41, 5.74) is 0.442. The first-order chi connectivity index (χ1) is 7.42. The normalized spacial score (nSPS) is 11.1. The van der Waals surface area contributed by atoms with Gasteiger partial charge in [0.1, 0.15) is 6.42 Å². The molecule has 86 valence electrons. The van der Waals surface area contributed by atoms with E-state index < -0.39 is 30.5 Å². The van der Waals surface area contributed by atoms with Crippen LogP contribution in [-0.4, -0.2) is 22.8 Å². The van der Waals surface area contributed by atoms with Crippen LogP contribution in [0.2, 0.25) is 0 Å². The van der Waals surface area contributed by atoms with Crippen molar-refractivity contribution in [1.29, 1.82) is 0 Å². The van der Waals surface area contributed by atoms with Crippen molar-refractivity contribution in [2.45, 2.75) is 18.8 Å². The van der Waals surface area contributed by atoms with Crippen LogP contribution in [0.5, 0.6) is 0 Å². The van der Waals surface area contributed by atoms with E-state index in [1.807, 2.05) is 0 Å². The van der Waals surface area contributed by atoms with Gasteiger partial charge in [0.05, 0.1) is 0 Å². The highest BCUT2D eigenvalue weighted by molar-refractivity contribution is 5.90. The highest BCUT2D eigenvalue weighted by Crippen LogP contribution is 2.21. The lowest BCUT2D eigenvalue weighted by molar-refractivity contribution is -0.155. The van der Waals surface area contributed by atoms with Gasteiger partial charge in [-0.25, -0.2) is 0 Å². The van der Waals surface area contributed by atoms with Crippen LogP contribution < -0.4 is 0 Å². The van der Waals surface area contributed by atoms with Gasteiger partial charge >= 0.3 is 11.9 Å². The van der Waals surface area contributed by atoms with E-state index in [2.05, 4.69) is 0 Å². The van der Waals surface area contributed by atoms with Crippen molar-refractivity contribution in [3.05, 3.63) is 35.9 Å². The Labute approximate surface area is 90.7 Å². The number of carbonyl (C=O) groups is 2. The summed E-state index contributed by atoms with van der Waals surface area (Å²) in [6.07, 6.45) is -1.92. The molecule has 0 fully saturated rings. The molecule has 3 nitrogen and oxygen atoms in total. The van der Waals surface area contributed by atoms with Crippen LogP contribution in [0.15, 0.2) is 30.3 Å². The molecular formula is C11H10F2O3. The lowest BCUT2D eigenvalue weighted by Crippen LogP contribution is -2.32. The maximum atomic E-state index is 13.0. The summed E-state index contributed by atoms with van der Waals surface area (Å²) in [6.45, 7) is 0. The van der Waals surface area contributed by atoms with Crippen LogP contribution >= 0.6 is 0 Å². The molecule has 1 rings (SSSR count). The monoisotopic (exact) mass is 228 g/mol. The molecule has 0 aromatic heterocycles. The quantitative estimate of drug-likeness (QED) is 0.837. The van der Waals surface area contributed by atoms with E-state index in [-0.39, 0.29) is 0 Å². The predicted molar refractivity (Wildman–Crippen MR) is 52.4 cm³/mol. The largest absolute Gasteiger partial charge is 0.481 e.